The monoisotopic (exact) mass is 461 g/mol. The maximum absolute atomic E-state index is 12.1. The van der Waals surface area contributed by atoms with Crippen molar-refractivity contribution in [3.8, 4) is 17.0 Å². The van der Waals surface area contributed by atoms with Gasteiger partial charge in [-0.2, -0.15) is 0 Å². The number of aryl methyl sites for hydroxylation is 1. The molecule has 2 amide bonds. The number of carbonyl (C=O) groups is 2. The molecule has 1 aromatic heterocycles. The van der Waals surface area contributed by atoms with Crippen LogP contribution in [0.4, 0.5) is 10.8 Å². The Bertz CT molecular complexity index is 1060. The van der Waals surface area contributed by atoms with Crippen LogP contribution in [-0.2, 0) is 9.59 Å². The lowest BCUT2D eigenvalue weighted by Gasteiger charge is -2.06. The summed E-state index contributed by atoms with van der Waals surface area (Å²) < 4.78 is 5.15. The number of hydrogen-bond donors (Lipinski definition) is 2. The number of hydrogen-bond acceptors (Lipinski definition) is 6. The predicted molar refractivity (Wildman–Crippen MR) is 125 cm³/mol. The standard InChI is InChI=1S/C21H20ClN3O3S2/c1-13-4-3-5-15(8-13)23-19(26)11-29-12-20(27)25-21-24-17(10-30-21)14-6-7-18(28-2)16(22)9-14/h3-10H,11-12H2,1-2H3,(H,23,26)(H,24,25,27). The number of thiazole rings is 1. The fourth-order valence-electron chi connectivity index (χ4n) is 2.60. The van der Waals surface area contributed by atoms with E-state index in [2.05, 4.69) is 15.6 Å². The van der Waals surface area contributed by atoms with E-state index in [9.17, 15) is 9.59 Å². The van der Waals surface area contributed by atoms with Crippen LogP contribution in [0.15, 0.2) is 47.8 Å². The molecule has 0 bridgehead atoms. The molecule has 0 aliphatic heterocycles. The minimum atomic E-state index is -0.211. The minimum Gasteiger partial charge on any atom is -0.495 e. The van der Waals surface area contributed by atoms with Crippen molar-refractivity contribution in [3.05, 3.63) is 58.4 Å². The number of nitrogens with zero attached hydrogens (tertiary/aromatic N) is 1. The number of ether oxygens (including phenoxy) is 1. The molecule has 6 nitrogen and oxygen atoms in total. The van der Waals surface area contributed by atoms with Gasteiger partial charge in [-0.15, -0.1) is 23.1 Å². The highest BCUT2D eigenvalue weighted by molar-refractivity contribution is 8.00. The molecule has 30 heavy (non-hydrogen) atoms. The zero-order chi connectivity index (χ0) is 21.5. The Hall–Kier alpha value is -2.55. The van der Waals surface area contributed by atoms with Crippen LogP contribution in [0.1, 0.15) is 5.56 Å². The summed E-state index contributed by atoms with van der Waals surface area (Å²) in [6.07, 6.45) is 0. The van der Waals surface area contributed by atoms with Crippen LogP contribution in [0.25, 0.3) is 11.3 Å². The number of halogens is 1. The number of amides is 2. The lowest BCUT2D eigenvalue weighted by Crippen LogP contribution is -2.18. The molecule has 2 aromatic carbocycles. The lowest BCUT2D eigenvalue weighted by molar-refractivity contribution is -0.114. The first kappa shape index (κ1) is 22.1. The zero-order valence-electron chi connectivity index (χ0n) is 16.4. The van der Waals surface area contributed by atoms with Gasteiger partial charge >= 0.3 is 0 Å². The van der Waals surface area contributed by atoms with Crippen LogP contribution in [0.5, 0.6) is 5.75 Å². The molecule has 0 radical (unpaired) electrons. The molecule has 0 unspecified atom stereocenters. The van der Waals surface area contributed by atoms with Gasteiger partial charge in [0, 0.05) is 16.6 Å². The third kappa shape index (κ3) is 6.22. The summed E-state index contributed by atoms with van der Waals surface area (Å²) >= 11 is 8.73. The van der Waals surface area contributed by atoms with Crippen molar-refractivity contribution >= 4 is 57.3 Å². The number of methoxy groups -OCH3 is 1. The predicted octanol–water partition coefficient (Wildman–Crippen LogP) is 5.09. The van der Waals surface area contributed by atoms with Crippen molar-refractivity contribution in [1.82, 2.24) is 4.98 Å². The number of thioether (sulfide) groups is 1. The van der Waals surface area contributed by atoms with Crippen molar-refractivity contribution in [3.63, 3.8) is 0 Å². The molecule has 0 aliphatic carbocycles. The van der Waals surface area contributed by atoms with Gasteiger partial charge in [0.1, 0.15) is 5.75 Å². The van der Waals surface area contributed by atoms with E-state index in [1.54, 1.807) is 19.2 Å². The fourth-order valence-corrected chi connectivity index (χ4v) is 4.21. The third-order valence-corrected chi connectivity index (χ3v) is 5.95. The molecule has 3 rings (SSSR count). The summed E-state index contributed by atoms with van der Waals surface area (Å²) in [5, 5.41) is 8.41. The van der Waals surface area contributed by atoms with E-state index in [0.29, 0.717) is 21.6 Å². The number of anilines is 2. The molecule has 0 spiro atoms. The maximum Gasteiger partial charge on any atom is 0.236 e. The number of carbonyl (C=O) groups excluding carboxylic acids is 2. The fraction of sp³-hybridized carbons (Fsp3) is 0.190. The van der Waals surface area contributed by atoms with E-state index in [1.165, 1.54) is 23.1 Å². The second kappa shape index (κ2) is 10.5. The number of aromatic nitrogens is 1. The summed E-state index contributed by atoms with van der Waals surface area (Å²) in [6.45, 7) is 1.96. The highest BCUT2D eigenvalue weighted by Gasteiger charge is 2.11. The van der Waals surface area contributed by atoms with Crippen LogP contribution in [0.2, 0.25) is 5.02 Å². The quantitative estimate of drug-likeness (QED) is 0.488. The van der Waals surface area contributed by atoms with Crippen LogP contribution in [0, 0.1) is 6.92 Å². The van der Waals surface area contributed by atoms with Gasteiger partial charge in [0.2, 0.25) is 11.8 Å². The Morgan fingerprint density at radius 1 is 1.13 bits per heavy atom. The van der Waals surface area contributed by atoms with Crippen LogP contribution < -0.4 is 15.4 Å². The highest BCUT2D eigenvalue weighted by Crippen LogP contribution is 2.31. The number of nitrogens with one attached hydrogen (secondary N) is 2. The third-order valence-electron chi connectivity index (χ3n) is 3.97. The van der Waals surface area contributed by atoms with Gasteiger partial charge in [0.25, 0.3) is 0 Å². The van der Waals surface area contributed by atoms with Crippen molar-refractivity contribution in [2.45, 2.75) is 6.92 Å². The van der Waals surface area contributed by atoms with Crippen molar-refractivity contribution in [2.24, 2.45) is 0 Å². The topological polar surface area (TPSA) is 80.3 Å². The van der Waals surface area contributed by atoms with E-state index < -0.39 is 0 Å². The number of benzene rings is 2. The second-order valence-corrected chi connectivity index (χ2v) is 8.60. The first-order valence-corrected chi connectivity index (χ1v) is 11.4. The van der Waals surface area contributed by atoms with E-state index in [0.717, 1.165) is 16.8 Å². The summed E-state index contributed by atoms with van der Waals surface area (Å²) in [6, 6.07) is 13.0. The highest BCUT2D eigenvalue weighted by atomic mass is 35.5. The molecular weight excluding hydrogens is 442 g/mol. The van der Waals surface area contributed by atoms with E-state index in [1.807, 2.05) is 42.6 Å². The summed E-state index contributed by atoms with van der Waals surface area (Å²) in [5.41, 5.74) is 3.36. The molecule has 0 fully saturated rings. The average Bonchev–Trinajstić information content (AvgIpc) is 3.16. The Kier molecular flexibility index (Phi) is 7.73. The Balaban J connectivity index is 1.46. The first-order chi connectivity index (χ1) is 14.4. The largest absolute Gasteiger partial charge is 0.495 e. The maximum atomic E-state index is 12.1. The Labute approximate surface area is 188 Å². The van der Waals surface area contributed by atoms with Gasteiger partial charge < -0.3 is 15.4 Å². The van der Waals surface area contributed by atoms with Gasteiger partial charge in [0.15, 0.2) is 5.13 Å². The first-order valence-electron chi connectivity index (χ1n) is 8.98. The van der Waals surface area contributed by atoms with Crippen molar-refractivity contribution < 1.29 is 14.3 Å². The SMILES string of the molecule is COc1ccc(-c2csc(NC(=O)CSCC(=O)Nc3cccc(C)c3)n2)cc1Cl. The molecule has 0 saturated heterocycles. The van der Waals surface area contributed by atoms with Crippen LogP contribution in [-0.4, -0.2) is 35.4 Å². The molecule has 156 valence electrons. The zero-order valence-corrected chi connectivity index (χ0v) is 18.8. The summed E-state index contributed by atoms with van der Waals surface area (Å²) in [7, 11) is 1.56. The minimum absolute atomic E-state index is 0.147. The van der Waals surface area contributed by atoms with E-state index in [-0.39, 0.29) is 23.3 Å². The van der Waals surface area contributed by atoms with Crippen LogP contribution >= 0.6 is 34.7 Å². The van der Waals surface area contributed by atoms with Gasteiger partial charge in [-0.3, -0.25) is 9.59 Å². The Morgan fingerprint density at radius 2 is 1.90 bits per heavy atom. The molecule has 1 heterocycles. The van der Waals surface area contributed by atoms with Gasteiger partial charge in [-0.1, -0.05) is 23.7 Å². The number of rotatable bonds is 8. The smallest absolute Gasteiger partial charge is 0.236 e. The van der Waals surface area contributed by atoms with E-state index in [4.69, 9.17) is 16.3 Å². The molecule has 0 aliphatic rings. The molecule has 0 atom stereocenters. The van der Waals surface area contributed by atoms with Crippen LogP contribution in [0.3, 0.4) is 0 Å². The van der Waals surface area contributed by atoms with Gasteiger partial charge in [-0.25, -0.2) is 4.98 Å². The van der Waals surface area contributed by atoms with Crippen molar-refractivity contribution in [1.29, 1.82) is 0 Å². The molecule has 0 saturated carbocycles. The summed E-state index contributed by atoms with van der Waals surface area (Å²) in [5.74, 6) is 0.579. The van der Waals surface area contributed by atoms with Gasteiger partial charge in [-0.05, 0) is 42.8 Å². The molecular formula is C21H20ClN3O3S2. The van der Waals surface area contributed by atoms with Crippen molar-refractivity contribution in [2.75, 3.05) is 29.2 Å². The average molecular weight is 462 g/mol. The normalized spacial score (nSPS) is 10.5. The molecule has 9 heteroatoms. The van der Waals surface area contributed by atoms with E-state index >= 15 is 0 Å². The van der Waals surface area contributed by atoms with Gasteiger partial charge in [0.05, 0.1) is 29.3 Å². The summed E-state index contributed by atoms with van der Waals surface area (Å²) in [4.78, 5) is 28.6. The Morgan fingerprint density at radius 3 is 2.60 bits per heavy atom. The molecule has 2 N–H and O–H groups in total. The second-order valence-electron chi connectivity index (χ2n) is 6.35. The molecule has 3 aromatic rings. The lowest BCUT2D eigenvalue weighted by atomic mass is 10.2.